The van der Waals surface area contributed by atoms with Crippen molar-refractivity contribution in [3.05, 3.63) is 30.1 Å². The van der Waals surface area contributed by atoms with E-state index in [4.69, 9.17) is 4.74 Å². The number of ether oxygens (including phenoxy) is 1. The van der Waals surface area contributed by atoms with Crippen LogP contribution in [0.3, 0.4) is 0 Å². The van der Waals surface area contributed by atoms with E-state index in [2.05, 4.69) is 10.3 Å². The van der Waals surface area contributed by atoms with Gasteiger partial charge in [-0.1, -0.05) is 6.07 Å². The van der Waals surface area contributed by atoms with Gasteiger partial charge in [-0.3, -0.25) is 9.78 Å². The molecule has 0 spiro atoms. The highest BCUT2D eigenvalue weighted by molar-refractivity contribution is 5.82. The number of hydrogen-bond acceptors (Lipinski definition) is 4. The van der Waals surface area contributed by atoms with Crippen LogP contribution in [0.2, 0.25) is 0 Å². The smallest absolute Gasteiger partial charge is 0.240 e. The molecule has 0 bridgehead atoms. The van der Waals surface area contributed by atoms with Crippen molar-refractivity contribution in [2.45, 2.75) is 45.0 Å². The second-order valence-corrected chi connectivity index (χ2v) is 5.48. The maximum atomic E-state index is 12.6. The number of amides is 1. The Kier molecular flexibility index (Phi) is 5.09. The topological polar surface area (TPSA) is 54.5 Å². The van der Waals surface area contributed by atoms with Gasteiger partial charge in [0.15, 0.2) is 0 Å². The average molecular weight is 277 g/mol. The Labute approximate surface area is 120 Å². The highest BCUT2D eigenvalue weighted by Gasteiger charge is 2.33. The number of hydrogen-bond donors (Lipinski definition) is 1. The molecule has 0 aromatic carbocycles. The van der Waals surface area contributed by atoms with Gasteiger partial charge in [-0.05, 0) is 31.9 Å². The van der Waals surface area contributed by atoms with Gasteiger partial charge in [-0.15, -0.1) is 0 Å². The summed E-state index contributed by atoms with van der Waals surface area (Å²) < 4.78 is 5.31. The quantitative estimate of drug-likeness (QED) is 0.878. The highest BCUT2D eigenvalue weighted by Crippen LogP contribution is 2.16. The summed E-state index contributed by atoms with van der Waals surface area (Å²) >= 11 is 0. The number of pyridine rings is 1. The molecule has 0 radical (unpaired) electrons. The Balaban J connectivity index is 2.03. The van der Waals surface area contributed by atoms with Crippen LogP contribution in [-0.2, 0) is 16.1 Å². The summed E-state index contributed by atoms with van der Waals surface area (Å²) in [6.07, 6.45) is 4.43. The molecular weight excluding hydrogens is 254 g/mol. The summed E-state index contributed by atoms with van der Waals surface area (Å²) in [5.41, 5.74) is 1.05. The van der Waals surface area contributed by atoms with Gasteiger partial charge in [-0.2, -0.15) is 0 Å². The summed E-state index contributed by atoms with van der Waals surface area (Å²) in [5.74, 6) is 0.142. The zero-order chi connectivity index (χ0) is 14.5. The molecule has 1 aliphatic rings. The minimum absolute atomic E-state index is 0.136. The molecule has 5 nitrogen and oxygen atoms in total. The maximum Gasteiger partial charge on any atom is 0.240 e. The maximum absolute atomic E-state index is 12.6. The number of nitrogens with zero attached hydrogens (tertiary/aromatic N) is 2. The first-order valence-electron chi connectivity index (χ1n) is 7.07. The first-order chi connectivity index (χ1) is 9.61. The molecule has 1 N–H and O–H groups in total. The van der Waals surface area contributed by atoms with Gasteiger partial charge in [0.05, 0.1) is 12.1 Å². The van der Waals surface area contributed by atoms with E-state index >= 15 is 0 Å². The molecule has 1 aliphatic heterocycles. The van der Waals surface area contributed by atoms with Crippen molar-refractivity contribution < 1.29 is 9.53 Å². The van der Waals surface area contributed by atoms with Gasteiger partial charge in [0.2, 0.25) is 5.91 Å². The fraction of sp³-hybridized carbons (Fsp3) is 0.600. The molecule has 110 valence electrons. The van der Waals surface area contributed by atoms with Crippen LogP contribution in [0.4, 0.5) is 0 Å². The number of carbonyl (C=O) groups is 1. The van der Waals surface area contributed by atoms with E-state index in [9.17, 15) is 4.79 Å². The van der Waals surface area contributed by atoms with Gasteiger partial charge in [0, 0.05) is 38.6 Å². The molecule has 0 aliphatic carbocycles. The van der Waals surface area contributed by atoms with Gasteiger partial charge >= 0.3 is 0 Å². The van der Waals surface area contributed by atoms with Crippen molar-refractivity contribution in [3.8, 4) is 0 Å². The van der Waals surface area contributed by atoms with E-state index in [1.54, 1.807) is 13.3 Å². The van der Waals surface area contributed by atoms with Crippen LogP contribution in [0.15, 0.2) is 24.5 Å². The van der Waals surface area contributed by atoms with E-state index < -0.39 is 0 Å². The van der Waals surface area contributed by atoms with E-state index in [-0.39, 0.29) is 24.1 Å². The van der Waals surface area contributed by atoms with Crippen molar-refractivity contribution in [1.29, 1.82) is 0 Å². The third-order valence-electron chi connectivity index (χ3n) is 3.70. The molecule has 2 heterocycles. The fourth-order valence-electron chi connectivity index (χ4n) is 2.47. The van der Waals surface area contributed by atoms with Crippen LogP contribution >= 0.6 is 0 Å². The molecule has 0 saturated carbocycles. The van der Waals surface area contributed by atoms with Gasteiger partial charge in [-0.25, -0.2) is 0 Å². The average Bonchev–Trinajstić information content (AvgIpc) is 2.94. The van der Waals surface area contributed by atoms with E-state index in [0.29, 0.717) is 6.54 Å². The number of aromatic nitrogens is 1. The van der Waals surface area contributed by atoms with Gasteiger partial charge < -0.3 is 15.0 Å². The molecular formula is C15H23N3O2. The predicted molar refractivity (Wildman–Crippen MR) is 77.1 cm³/mol. The minimum atomic E-state index is -0.140. The second kappa shape index (κ2) is 6.81. The normalized spacial score (nSPS) is 22.2. The SMILES string of the molecule is COC1CNC(C(=O)N(Cc2cccnc2)C(C)C)C1. The highest BCUT2D eigenvalue weighted by atomic mass is 16.5. The molecule has 1 aromatic rings. The largest absolute Gasteiger partial charge is 0.380 e. The van der Waals surface area contributed by atoms with Crippen molar-refractivity contribution in [3.63, 3.8) is 0 Å². The van der Waals surface area contributed by atoms with Crippen LogP contribution in [0.1, 0.15) is 25.8 Å². The first kappa shape index (κ1) is 14.9. The molecule has 5 heteroatoms. The zero-order valence-electron chi connectivity index (χ0n) is 12.4. The monoisotopic (exact) mass is 277 g/mol. The Hall–Kier alpha value is -1.46. The summed E-state index contributed by atoms with van der Waals surface area (Å²) in [6.45, 7) is 5.42. The molecule has 1 aromatic heterocycles. The standard InChI is InChI=1S/C15H23N3O2/c1-11(2)18(10-12-5-4-6-16-8-12)15(19)14-7-13(20-3)9-17-14/h4-6,8,11,13-14,17H,7,9-10H2,1-3H3. The van der Waals surface area contributed by atoms with Crippen LogP contribution in [-0.4, -0.2) is 47.6 Å². The fourth-order valence-corrected chi connectivity index (χ4v) is 2.47. The number of nitrogens with one attached hydrogen (secondary N) is 1. The third kappa shape index (κ3) is 3.55. The van der Waals surface area contributed by atoms with Crippen LogP contribution in [0.5, 0.6) is 0 Å². The summed E-state index contributed by atoms with van der Waals surface area (Å²) in [6, 6.07) is 3.91. The molecule has 2 unspecified atom stereocenters. The van der Waals surface area contributed by atoms with E-state index in [0.717, 1.165) is 18.5 Å². The van der Waals surface area contributed by atoms with Crippen LogP contribution in [0, 0.1) is 0 Å². The van der Waals surface area contributed by atoms with Crippen molar-refractivity contribution in [1.82, 2.24) is 15.2 Å². The lowest BCUT2D eigenvalue weighted by Gasteiger charge is -2.29. The summed E-state index contributed by atoms with van der Waals surface area (Å²) in [5, 5.41) is 3.25. The van der Waals surface area contributed by atoms with E-state index in [1.165, 1.54) is 0 Å². The van der Waals surface area contributed by atoms with Gasteiger partial charge in [0.25, 0.3) is 0 Å². The van der Waals surface area contributed by atoms with Crippen molar-refractivity contribution >= 4 is 5.91 Å². The second-order valence-electron chi connectivity index (χ2n) is 5.48. The zero-order valence-corrected chi connectivity index (χ0v) is 12.4. The number of carbonyl (C=O) groups excluding carboxylic acids is 1. The lowest BCUT2D eigenvalue weighted by Crippen LogP contribution is -2.46. The van der Waals surface area contributed by atoms with Crippen molar-refractivity contribution in [2.24, 2.45) is 0 Å². The Morgan fingerprint density at radius 1 is 1.60 bits per heavy atom. The number of rotatable bonds is 5. The molecule has 1 amide bonds. The molecule has 2 atom stereocenters. The Morgan fingerprint density at radius 2 is 2.40 bits per heavy atom. The van der Waals surface area contributed by atoms with Gasteiger partial charge in [0.1, 0.15) is 0 Å². The molecule has 20 heavy (non-hydrogen) atoms. The lowest BCUT2D eigenvalue weighted by atomic mass is 10.1. The van der Waals surface area contributed by atoms with Crippen LogP contribution in [0.25, 0.3) is 0 Å². The molecule has 1 fully saturated rings. The lowest BCUT2D eigenvalue weighted by molar-refractivity contribution is -0.135. The third-order valence-corrected chi connectivity index (χ3v) is 3.70. The minimum Gasteiger partial charge on any atom is -0.380 e. The van der Waals surface area contributed by atoms with E-state index in [1.807, 2.05) is 37.1 Å². The summed E-state index contributed by atoms with van der Waals surface area (Å²) in [4.78, 5) is 18.6. The van der Waals surface area contributed by atoms with Crippen LogP contribution < -0.4 is 5.32 Å². The summed E-state index contributed by atoms with van der Waals surface area (Å²) in [7, 11) is 1.69. The molecule has 1 saturated heterocycles. The molecule has 2 rings (SSSR count). The predicted octanol–water partition coefficient (Wildman–Crippen LogP) is 1.20. The first-order valence-corrected chi connectivity index (χ1v) is 7.07. The number of methoxy groups -OCH3 is 1. The van der Waals surface area contributed by atoms with Crippen molar-refractivity contribution in [2.75, 3.05) is 13.7 Å². The Morgan fingerprint density at radius 3 is 2.95 bits per heavy atom. The Bertz CT molecular complexity index is 436.